The smallest absolute Gasteiger partial charge is 0.274 e. The number of carbonyl (C=O) groups is 1. The summed E-state index contributed by atoms with van der Waals surface area (Å²) in [6, 6.07) is 15.5. The molecule has 0 unspecified atom stereocenters. The van der Waals surface area contributed by atoms with E-state index in [1.54, 1.807) is 13.1 Å². The highest BCUT2D eigenvalue weighted by Gasteiger charge is 2.13. The number of benzene rings is 2. The Morgan fingerprint density at radius 3 is 2.28 bits per heavy atom. The summed E-state index contributed by atoms with van der Waals surface area (Å²) < 4.78 is 1.31. The van der Waals surface area contributed by atoms with Gasteiger partial charge in [-0.3, -0.25) is 9.59 Å². The fourth-order valence-corrected chi connectivity index (χ4v) is 3.00. The van der Waals surface area contributed by atoms with Crippen molar-refractivity contribution in [2.75, 3.05) is 0 Å². The van der Waals surface area contributed by atoms with Gasteiger partial charge in [0, 0.05) is 18.9 Å². The van der Waals surface area contributed by atoms with Gasteiger partial charge in [-0.25, -0.2) is 4.68 Å². The highest BCUT2D eigenvalue weighted by atomic mass is 16.1. The highest BCUT2D eigenvalue weighted by molar-refractivity contribution is 5.89. The van der Waals surface area contributed by atoms with Gasteiger partial charge in [0.2, 0.25) is 0 Å². The molecule has 0 spiro atoms. The molecule has 0 aliphatic carbocycles. The van der Waals surface area contributed by atoms with Gasteiger partial charge in [-0.2, -0.15) is 5.10 Å². The predicted octanol–water partition coefficient (Wildman–Crippen LogP) is 3.41. The molecule has 0 saturated heterocycles. The summed E-state index contributed by atoms with van der Waals surface area (Å²) >= 11 is 0. The largest absolute Gasteiger partial charge is 0.299 e. The highest BCUT2D eigenvalue weighted by Crippen LogP contribution is 2.17. The van der Waals surface area contributed by atoms with Crippen LogP contribution in [-0.4, -0.2) is 15.6 Å². The maximum Gasteiger partial charge on any atom is 0.274 e. The van der Waals surface area contributed by atoms with Crippen LogP contribution in [0.4, 0.5) is 0 Å². The van der Waals surface area contributed by atoms with Gasteiger partial charge in [0.15, 0.2) is 0 Å². The molecule has 3 aromatic rings. The number of hydrogen-bond acceptors (Lipinski definition) is 3. The quantitative estimate of drug-likeness (QED) is 0.718. The molecule has 0 fully saturated rings. The van der Waals surface area contributed by atoms with Gasteiger partial charge in [0.25, 0.3) is 5.56 Å². The molecule has 4 heteroatoms. The summed E-state index contributed by atoms with van der Waals surface area (Å²) in [5, 5.41) is 5.66. The number of fused-ring (bicyclic) bond motifs is 1. The van der Waals surface area contributed by atoms with E-state index < -0.39 is 0 Å². The van der Waals surface area contributed by atoms with Crippen molar-refractivity contribution in [1.82, 2.24) is 9.78 Å². The van der Waals surface area contributed by atoms with E-state index in [0.29, 0.717) is 23.4 Å². The third-order valence-corrected chi connectivity index (χ3v) is 4.45. The molecule has 0 aliphatic rings. The normalized spacial score (nSPS) is 11.2. The second-order valence-electron chi connectivity index (χ2n) is 6.71. The molecule has 1 aromatic heterocycles. The Balaban J connectivity index is 1.83. The minimum Gasteiger partial charge on any atom is -0.299 e. The summed E-state index contributed by atoms with van der Waals surface area (Å²) in [7, 11) is 1.62. The van der Waals surface area contributed by atoms with Crippen LogP contribution in [0.15, 0.2) is 53.3 Å². The third kappa shape index (κ3) is 3.68. The topological polar surface area (TPSA) is 52.0 Å². The monoisotopic (exact) mass is 334 g/mol. The Hall–Kier alpha value is -2.75. The summed E-state index contributed by atoms with van der Waals surface area (Å²) in [6.07, 6.45) is 0.595. The fourth-order valence-electron chi connectivity index (χ4n) is 3.00. The molecule has 2 aromatic carbocycles. The second kappa shape index (κ2) is 7.01. The van der Waals surface area contributed by atoms with Crippen LogP contribution in [0, 0.1) is 0 Å². The molecule has 0 N–H and O–H groups in total. The zero-order valence-electron chi connectivity index (χ0n) is 14.8. The fraction of sp³-hybridized carbons (Fsp3) is 0.286. The van der Waals surface area contributed by atoms with Crippen LogP contribution < -0.4 is 5.56 Å². The molecule has 0 atom stereocenters. The minimum atomic E-state index is -0.143. The number of carbonyl (C=O) groups excluding carboxylic acids is 1. The number of ketones is 1. The molecule has 0 aliphatic heterocycles. The summed E-state index contributed by atoms with van der Waals surface area (Å²) in [5.74, 6) is 0.569. The number of aryl methyl sites for hydroxylation is 1. The molecule has 0 radical (unpaired) electrons. The van der Waals surface area contributed by atoms with Gasteiger partial charge in [0.1, 0.15) is 5.78 Å². The lowest BCUT2D eigenvalue weighted by molar-refractivity contribution is -0.117. The molecule has 1 heterocycles. The molecule has 3 rings (SSSR count). The van der Waals surface area contributed by atoms with Crippen molar-refractivity contribution in [2.24, 2.45) is 7.05 Å². The average Bonchev–Trinajstić information content (AvgIpc) is 2.60. The van der Waals surface area contributed by atoms with Crippen molar-refractivity contribution in [2.45, 2.75) is 32.6 Å². The van der Waals surface area contributed by atoms with Crippen molar-refractivity contribution < 1.29 is 4.79 Å². The van der Waals surface area contributed by atoms with Crippen LogP contribution in [0.2, 0.25) is 0 Å². The van der Waals surface area contributed by atoms with Gasteiger partial charge in [0.05, 0.1) is 17.5 Å². The van der Waals surface area contributed by atoms with Crippen LogP contribution >= 0.6 is 0 Å². The maximum absolute atomic E-state index is 12.5. The zero-order valence-corrected chi connectivity index (χ0v) is 14.8. The third-order valence-electron chi connectivity index (χ3n) is 4.45. The molecule has 0 saturated carbocycles. The van der Waals surface area contributed by atoms with Crippen molar-refractivity contribution in [1.29, 1.82) is 0 Å². The first-order valence-corrected chi connectivity index (χ1v) is 8.51. The SMILES string of the molecule is CC(C)c1ccc(CC(=O)Cc2nn(C)c(=O)c3ccccc23)cc1. The van der Waals surface area contributed by atoms with E-state index in [1.807, 2.05) is 30.3 Å². The maximum atomic E-state index is 12.5. The molecular weight excluding hydrogens is 312 g/mol. The Labute approximate surface area is 147 Å². The first-order valence-electron chi connectivity index (χ1n) is 8.51. The van der Waals surface area contributed by atoms with E-state index in [-0.39, 0.29) is 17.8 Å². The van der Waals surface area contributed by atoms with Gasteiger partial charge >= 0.3 is 0 Å². The van der Waals surface area contributed by atoms with E-state index >= 15 is 0 Å². The van der Waals surface area contributed by atoms with Crippen molar-refractivity contribution in [3.05, 3.63) is 75.7 Å². The summed E-state index contributed by atoms with van der Waals surface area (Å²) in [6.45, 7) is 4.30. The van der Waals surface area contributed by atoms with Crippen LogP contribution in [0.25, 0.3) is 10.8 Å². The summed E-state index contributed by atoms with van der Waals surface area (Å²) in [4.78, 5) is 24.7. The lowest BCUT2D eigenvalue weighted by Crippen LogP contribution is -2.22. The van der Waals surface area contributed by atoms with Crippen LogP contribution in [0.3, 0.4) is 0 Å². The van der Waals surface area contributed by atoms with Gasteiger partial charge in [-0.05, 0) is 23.1 Å². The van der Waals surface area contributed by atoms with E-state index in [4.69, 9.17) is 0 Å². The van der Waals surface area contributed by atoms with Crippen LogP contribution in [0.5, 0.6) is 0 Å². The molecule has 4 nitrogen and oxygen atoms in total. The Morgan fingerprint density at radius 1 is 1.00 bits per heavy atom. The predicted molar refractivity (Wildman–Crippen MR) is 99.9 cm³/mol. The van der Waals surface area contributed by atoms with Gasteiger partial charge in [-0.15, -0.1) is 0 Å². The van der Waals surface area contributed by atoms with Crippen molar-refractivity contribution in [3.63, 3.8) is 0 Å². The van der Waals surface area contributed by atoms with E-state index in [0.717, 1.165) is 10.9 Å². The number of Topliss-reactive ketones (excluding diaryl/α,β-unsaturated/α-hetero) is 1. The molecule has 0 amide bonds. The Morgan fingerprint density at radius 2 is 1.64 bits per heavy atom. The Kier molecular flexibility index (Phi) is 4.79. The van der Waals surface area contributed by atoms with Crippen molar-refractivity contribution in [3.8, 4) is 0 Å². The standard InChI is InChI=1S/C21H22N2O2/c1-14(2)16-10-8-15(9-11-16)12-17(24)13-20-18-6-4-5-7-19(18)21(25)23(3)22-20/h4-11,14H,12-13H2,1-3H3. The average molecular weight is 334 g/mol. The van der Waals surface area contributed by atoms with Crippen LogP contribution in [0.1, 0.15) is 36.6 Å². The lowest BCUT2D eigenvalue weighted by atomic mass is 9.98. The number of rotatable bonds is 5. The van der Waals surface area contributed by atoms with Crippen LogP contribution in [-0.2, 0) is 24.7 Å². The first kappa shape index (κ1) is 17.1. The first-order chi connectivity index (χ1) is 12.0. The van der Waals surface area contributed by atoms with Gasteiger partial charge in [-0.1, -0.05) is 56.3 Å². The number of aromatic nitrogens is 2. The van der Waals surface area contributed by atoms with E-state index in [2.05, 4.69) is 31.1 Å². The summed E-state index contributed by atoms with van der Waals surface area (Å²) in [5.41, 5.74) is 2.78. The Bertz CT molecular complexity index is 969. The number of nitrogens with zero attached hydrogens (tertiary/aromatic N) is 2. The van der Waals surface area contributed by atoms with Crippen molar-refractivity contribution >= 4 is 16.6 Å². The van der Waals surface area contributed by atoms with E-state index in [1.165, 1.54) is 10.2 Å². The molecule has 25 heavy (non-hydrogen) atoms. The zero-order chi connectivity index (χ0) is 18.0. The van der Waals surface area contributed by atoms with Gasteiger partial charge < -0.3 is 0 Å². The molecular formula is C21H22N2O2. The molecule has 0 bridgehead atoms. The number of hydrogen-bond donors (Lipinski definition) is 0. The lowest BCUT2D eigenvalue weighted by Gasteiger charge is -2.09. The molecule has 128 valence electrons. The second-order valence-corrected chi connectivity index (χ2v) is 6.71. The minimum absolute atomic E-state index is 0.0913. The van der Waals surface area contributed by atoms with E-state index in [9.17, 15) is 9.59 Å².